The quantitative estimate of drug-likeness (QED) is 0.0519. The SMILES string of the molecule is CCCCCCCC/C=C\CCCCCCCCOCC(OCCCCCCCC/C=C\CCCCCCCC)C(C)(C)C. The molecule has 2 nitrogen and oxygen atoms in total. The van der Waals surface area contributed by atoms with E-state index in [-0.39, 0.29) is 11.5 Å². The van der Waals surface area contributed by atoms with Crippen LogP contribution in [0.1, 0.15) is 214 Å². The highest BCUT2D eigenvalue weighted by Crippen LogP contribution is 2.23. The van der Waals surface area contributed by atoms with Gasteiger partial charge in [0.15, 0.2) is 0 Å². The van der Waals surface area contributed by atoms with Gasteiger partial charge in [-0.15, -0.1) is 0 Å². The Morgan fingerprint density at radius 2 is 0.727 bits per heavy atom. The minimum absolute atomic E-state index is 0.131. The zero-order valence-electron chi connectivity index (χ0n) is 31.1. The number of hydrogen-bond donors (Lipinski definition) is 0. The molecule has 0 aliphatic rings. The second-order valence-electron chi connectivity index (χ2n) is 14.7. The molecule has 0 radical (unpaired) electrons. The molecule has 262 valence electrons. The van der Waals surface area contributed by atoms with Gasteiger partial charge in [0.1, 0.15) is 0 Å². The van der Waals surface area contributed by atoms with Crippen LogP contribution in [0.25, 0.3) is 0 Å². The van der Waals surface area contributed by atoms with Crippen LogP contribution in [0.3, 0.4) is 0 Å². The molecule has 44 heavy (non-hydrogen) atoms. The van der Waals surface area contributed by atoms with Crippen molar-refractivity contribution < 1.29 is 9.47 Å². The van der Waals surface area contributed by atoms with Gasteiger partial charge in [0, 0.05) is 13.2 Å². The summed E-state index contributed by atoms with van der Waals surface area (Å²) in [6, 6.07) is 0. The number of unbranched alkanes of at least 4 members (excludes halogenated alkanes) is 24. The Hall–Kier alpha value is -0.600. The van der Waals surface area contributed by atoms with Gasteiger partial charge in [0.05, 0.1) is 12.7 Å². The fraction of sp³-hybridized carbons (Fsp3) is 0.905. The van der Waals surface area contributed by atoms with E-state index in [1.165, 1.54) is 180 Å². The van der Waals surface area contributed by atoms with Crippen LogP contribution in [0.5, 0.6) is 0 Å². The van der Waals surface area contributed by atoms with Gasteiger partial charge in [-0.2, -0.15) is 0 Å². The Morgan fingerprint density at radius 1 is 0.409 bits per heavy atom. The first-order chi connectivity index (χ1) is 21.5. The summed E-state index contributed by atoms with van der Waals surface area (Å²) in [6.45, 7) is 13.9. The summed E-state index contributed by atoms with van der Waals surface area (Å²) < 4.78 is 12.4. The van der Waals surface area contributed by atoms with Gasteiger partial charge in [0.2, 0.25) is 0 Å². The maximum Gasteiger partial charge on any atom is 0.0856 e. The lowest BCUT2D eigenvalue weighted by Crippen LogP contribution is -2.34. The Bertz CT molecular complexity index is 587. The summed E-state index contributed by atoms with van der Waals surface area (Å²) in [4.78, 5) is 0. The molecule has 1 unspecified atom stereocenters. The summed E-state index contributed by atoms with van der Waals surface area (Å²) in [5, 5.41) is 0. The van der Waals surface area contributed by atoms with Crippen molar-refractivity contribution in [2.75, 3.05) is 19.8 Å². The van der Waals surface area contributed by atoms with E-state index in [0.29, 0.717) is 0 Å². The van der Waals surface area contributed by atoms with E-state index >= 15 is 0 Å². The zero-order valence-corrected chi connectivity index (χ0v) is 31.1. The van der Waals surface area contributed by atoms with Gasteiger partial charge in [-0.3, -0.25) is 0 Å². The molecule has 0 N–H and O–H groups in total. The molecule has 0 aromatic heterocycles. The number of rotatable bonds is 35. The largest absolute Gasteiger partial charge is 0.379 e. The molecule has 0 saturated heterocycles. The van der Waals surface area contributed by atoms with Crippen molar-refractivity contribution in [3.63, 3.8) is 0 Å². The van der Waals surface area contributed by atoms with Crippen LogP contribution in [0.4, 0.5) is 0 Å². The van der Waals surface area contributed by atoms with Crippen LogP contribution in [0, 0.1) is 5.41 Å². The average Bonchev–Trinajstić information content (AvgIpc) is 3.00. The monoisotopic (exact) mass is 619 g/mol. The molecule has 0 aromatic carbocycles. The van der Waals surface area contributed by atoms with Crippen molar-refractivity contribution in [2.24, 2.45) is 5.41 Å². The van der Waals surface area contributed by atoms with Crippen LogP contribution in [-0.4, -0.2) is 25.9 Å². The van der Waals surface area contributed by atoms with Crippen molar-refractivity contribution in [3.8, 4) is 0 Å². The van der Waals surface area contributed by atoms with Crippen LogP contribution in [0.2, 0.25) is 0 Å². The fourth-order valence-corrected chi connectivity index (χ4v) is 5.77. The molecule has 0 rings (SSSR count). The van der Waals surface area contributed by atoms with Crippen LogP contribution in [0.15, 0.2) is 24.3 Å². The van der Waals surface area contributed by atoms with E-state index < -0.39 is 0 Å². The van der Waals surface area contributed by atoms with Gasteiger partial charge < -0.3 is 9.47 Å². The lowest BCUT2D eigenvalue weighted by Gasteiger charge is -2.30. The third-order valence-electron chi connectivity index (χ3n) is 9.01. The fourth-order valence-electron chi connectivity index (χ4n) is 5.77. The summed E-state index contributed by atoms with van der Waals surface area (Å²) in [6.07, 6.45) is 47.6. The molecule has 0 aliphatic carbocycles. The molecule has 0 fully saturated rings. The van der Waals surface area contributed by atoms with E-state index in [2.05, 4.69) is 58.9 Å². The van der Waals surface area contributed by atoms with Crippen molar-refractivity contribution >= 4 is 0 Å². The lowest BCUT2D eigenvalue weighted by atomic mass is 9.89. The van der Waals surface area contributed by atoms with E-state index in [4.69, 9.17) is 9.47 Å². The van der Waals surface area contributed by atoms with Crippen molar-refractivity contribution in [2.45, 2.75) is 221 Å². The molecular formula is C42H82O2. The highest BCUT2D eigenvalue weighted by Gasteiger charge is 2.25. The first-order valence-electron chi connectivity index (χ1n) is 20.0. The van der Waals surface area contributed by atoms with Gasteiger partial charge in [-0.1, -0.05) is 174 Å². The van der Waals surface area contributed by atoms with Crippen LogP contribution < -0.4 is 0 Å². The third kappa shape index (κ3) is 34.3. The second kappa shape index (κ2) is 35.3. The van der Waals surface area contributed by atoms with E-state index in [1.807, 2.05) is 0 Å². The van der Waals surface area contributed by atoms with Gasteiger partial charge in [0.25, 0.3) is 0 Å². The van der Waals surface area contributed by atoms with Gasteiger partial charge >= 0.3 is 0 Å². The lowest BCUT2D eigenvalue weighted by molar-refractivity contribution is -0.0705. The minimum Gasteiger partial charge on any atom is -0.379 e. The molecule has 0 spiro atoms. The number of hydrogen-bond acceptors (Lipinski definition) is 2. The average molecular weight is 619 g/mol. The molecule has 1 atom stereocenters. The van der Waals surface area contributed by atoms with E-state index in [0.717, 1.165) is 19.8 Å². The minimum atomic E-state index is 0.131. The summed E-state index contributed by atoms with van der Waals surface area (Å²) in [5.74, 6) is 0. The molecular weight excluding hydrogens is 536 g/mol. The molecule has 0 amide bonds. The Kier molecular flexibility index (Phi) is 34.8. The molecule has 0 saturated carbocycles. The topological polar surface area (TPSA) is 18.5 Å². The Morgan fingerprint density at radius 3 is 1.09 bits per heavy atom. The maximum atomic E-state index is 6.32. The predicted molar refractivity (Wildman–Crippen MR) is 199 cm³/mol. The highest BCUT2D eigenvalue weighted by atomic mass is 16.5. The highest BCUT2D eigenvalue weighted by molar-refractivity contribution is 4.82. The Labute approximate surface area is 279 Å². The molecule has 0 aliphatic heterocycles. The van der Waals surface area contributed by atoms with Crippen LogP contribution >= 0.6 is 0 Å². The zero-order chi connectivity index (χ0) is 32.2. The van der Waals surface area contributed by atoms with Gasteiger partial charge in [-0.25, -0.2) is 0 Å². The van der Waals surface area contributed by atoms with Crippen molar-refractivity contribution in [3.05, 3.63) is 24.3 Å². The summed E-state index contributed by atoms with van der Waals surface area (Å²) >= 11 is 0. The second-order valence-corrected chi connectivity index (χ2v) is 14.7. The smallest absolute Gasteiger partial charge is 0.0856 e. The Balaban J connectivity index is 3.55. The van der Waals surface area contributed by atoms with E-state index in [1.54, 1.807) is 0 Å². The summed E-state index contributed by atoms with van der Waals surface area (Å²) in [5.41, 5.74) is 0.131. The molecule has 2 heteroatoms. The molecule has 0 heterocycles. The van der Waals surface area contributed by atoms with E-state index in [9.17, 15) is 0 Å². The third-order valence-corrected chi connectivity index (χ3v) is 9.01. The number of ether oxygens (including phenoxy) is 2. The predicted octanol–water partition coefficient (Wildman–Crippen LogP) is 14.5. The summed E-state index contributed by atoms with van der Waals surface area (Å²) in [7, 11) is 0. The van der Waals surface area contributed by atoms with Crippen molar-refractivity contribution in [1.29, 1.82) is 0 Å². The van der Waals surface area contributed by atoms with Crippen LogP contribution in [-0.2, 0) is 9.47 Å². The number of allylic oxidation sites excluding steroid dienone is 4. The molecule has 0 bridgehead atoms. The normalized spacial score (nSPS) is 13.1. The first kappa shape index (κ1) is 43.4. The van der Waals surface area contributed by atoms with Gasteiger partial charge in [-0.05, 0) is 69.6 Å². The standard InChI is InChI=1S/C42H82O2/c1-6-8-10-12-14-16-18-20-22-24-26-28-30-32-34-36-38-43-40-41(42(3,4)5)44-39-37-35-33-31-29-27-25-23-21-19-17-15-13-11-9-7-2/h20-23,41H,6-19,24-40H2,1-5H3/b22-20-,23-21-. The van der Waals surface area contributed by atoms with Crippen molar-refractivity contribution in [1.82, 2.24) is 0 Å². The first-order valence-corrected chi connectivity index (χ1v) is 20.0. The maximum absolute atomic E-state index is 6.32. The molecule has 0 aromatic rings.